The topological polar surface area (TPSA) is 86.0 Å². The number of imidazole rings is 1. The Morgan fingerprint density at radius 2 is 1.51 bits per heavy atom. The van der Waals surface area contributed by atoms with Gasteiger partial charge in [-0.15, -0.1) is 0 Å². The Hall–Kier alpha value is -2.96. The zero-order valence-corrected chi connectivity index (χ0v) is 22.8. The maximum atomic E-state index is 6.38. The van der Waals surface area contributed by atoms with Crippen molar-refractivity contribution in [3.8, 4) is 0 Å². The van der Waals surface area contributed by atoms with Crippen molar-refractivity contribution in [1.29, 1.82) is 0 Å². The minimum Gasteiger partial charge on any atom is -0.382 e. The van der Waals surface area contributed by atoms with Crippen LogP contribution in [-0.4, -0.2) is 39.1 Å². The summed E-state index contributed by atoms with van der Waals surface area (Å²) in [5.74, 6) is 1.60. The fourth-order valence-electron chi connectivity index (χ4n) is 5.13. The lowest BCUT2D eigenvalue weighted by Gasteiger charge is -2.22. The molecular weight excluding hydrogens is 456 g/mol. The molecule has 0 bridgehead atoms. The molecule has 0 unspecified atom stereocenters. The van der Waals surface area contributed by atoms with Gasteiger partial charge in [0.1, 0.15) is 11.3 Å². The molecule has 0 aliphatic rings. The quantitative estimate of drug-likeness (QED) is 0.187. The minimum atomic E-state index is 0.512. The first-order chi connectivity index (χ1) is 18.1. The van der Waals surface area contributed by atoms with E-state index >= 15 is 0 Å². The molecule has 2 aromatic heterocycles. The van der Waals surface area contributed by atoms with Gasteiger partial charge in [-0.25, -0.2) is 9.97 Å². The van der Waals surface area contributed by atoms with Crippen LogP contribution in [-0.2, 0) is 19.5 Å². The maximum absolute atomic E-state index is 6.38. The summed E-state index contributed by atoms with van der Waals surface area (Å²) in [5.41, 5.74) is 17.6. The number of hydrogen-bond acceptors (Lipinski definition) is 5. The van der Waals surface area contributed by atoms with Crippen molar-refractivity contribution in [3.05, 3.63) is 65.5 Å². The van der Waals surface area contributed by atoms with E-state index in [0.29, 0.717) is 5.82 Å². The van der Waals surface area contributed by atoms with Gasteiger partial charge in [0.15, 0.2) is 5.82 Å². The van der Waals surface area contributed by atoms with Crippen LogP contribution in [0.25, 0.3) is 21.9 Å². The number of nitrogens with two attached hydrogens (primary N) is 2. The first kappa shape index (κ1) is 27.1. The zero-order chi connectivity index (χ0) is 26.0. The van der Waals surface area contributed by atoms with Crippen LogP contribution >= 0.6 is 0 Å². The molecule has 6 nitrogen and oxygen atoms in total. The Labute approximate surface area is 222 Å². The minimum absolute atomic E-state index is 0.512. The molecule has 0 aliphatic carbocycles. The van der Waals surface area contributed by atoms with Gasteiger partial charge >= 0.3 is 0 Å². The fraction of sp³-hybridized carbons (Fsp3) is 0.484. The van der Waals surface area contributed by atoms with Crippen LogP contribution in [0, 0.1) is 0 Å². The maximum Gasteiger partial charge on any atom is 0.152 e. The lowest BCUT2D eigenvalue weighted by Crippen LogP contribution is -2.26. The van der Waals surface area contributed by atoms with E-state index in [-0.39, 0.29) is 0 Å². The molecule has 0 aliphatic heterocycles. The third kappa shape index (κ3) is 6.88. The highest BCUT2D eigenvalue weighted by Gasteiger charge is 2.17. The van der Waals surface area contributed by atoms with Gasteiger partial charge in [0.25, 0.3) is 0 Å². The fourth-order valence-corrected chi connectivity index (χ4v) is 5.13. The van der Waals surface area contributed by atoms with Gasteiger partial charge in [-0.3, -0.25) is 4.90 Å². The van der Waals surface area contributed by atoms with Crippen LogP contribution in [0.4, 0.5) is 5.82 Å². The summed E-state index contributed by atoms with van der Waals surface area (Å²) in [6, 6.07) is 17.4. The number of aromatic nitrogens is 3. The summed E-state index contributed by atoms with van der Waals surface area (Å²) in [6.45, 7) is 9.31. The van der Waals surface area contributed by atoms with Crippen LogP contribution < -0.4 is 11.5 Å². The average Bonchev–Trinajstić information content (AvgIpc) is 3.27. The van der Waals surface area contributed by atoms with Crippen molar-refractivity contribution in [1.82, 2.24) is 19.4 Å². The number of nitrogens with zero attached hydrogens (tertiary/aromatic N) is 4. The molecule has 4 aromatic rings. The van der Waals surface area contributed by atoms with Crippen molar-refractivity contribution in [3.63, 3.8) is 0 Å². The Morgan fingerprint density at radius 1 is 0.811 bits per heavy atom. The number of anilines is 1. The number of unbranched alkanes of at least 4 members (excludes halogenated alkanes) is 4. The van der Waals surface area contributed by atoms with Gasteiger partial charge in [0.05, 0.1) is 11.0 Å². The molecule has 0 radical (unpaired) electrons. The van der Waals surface area contributed by atoms with E-state index in [0.717, 1.165) is 86.2 Å². The summed E-state index contributed by atoms with van der Waals surface area (Å²) < 4.78 is 2.37. The number of nitrogen functional groups attached to an aromatic ring is 1. The van der Waals surface area contributed by atoms with Crippen LogP contribution in [0.1, 0.15) is 75.7 Å². The summed E-state index contributed by atoms with van der Waals surface area (Å²) in [5, 5.41) is 1.11. The summed E-state index contributed by atoms with van der Waals surface area (Å²) in [4.78, 5) is 12.2. The predicted molar refractivity (Wildman–Crippen MR) is 157 cm³/mol. The van der Waals surface area contributed by atoms with Crippen molar-refractivity contribution >= 4 is 27.8 Å². The van der Waals surface area contributed by atoms with Gasteiger partial charge in [-0.1, -0.05) is 75.6 Å². The highest BCUT2D eigenvalue weighted by molar-refractivity contribution is 6.06. The molecule has 4 N–H and O–H groups in total. The first-order valence-corrected chi connectivity index (χ1v) is 14.2. The molecular formula is C31H44N6. The van der Waals surface area contributed by atoms with Crippen molar-refractivity contribution in [2.45, 2.75) is 78.3 Å². The third-order valence-corrected chi connectivity index (χ3v) is 7.22. The number of para-hydroxylation sites is 1. The SMILES string of the molecule is CCCCCN(CCCCN)Cc1ccc(Cn2c(CCCC)nc3c(N)nc4ccccc4c32)cc1. The predicted octanol–water partition coefficient (Wildman–Crippen LogP) is 6.29. The molecule has 0 saturated heterocycles. The van der Waals surface area contributed by atoms with E-state index in [1.807, 2.05) is 12.1 Å². The van der Waals surface area contributed by atoms with Gasteiger partial charge in [0.2, 0.25) is 0 Å². The summed E-state index contributed by atoms with van der Waals surface area (Å²) in [7, 11) is 0. The van der Waals surface area contributed by atoms with Gasteiger partial charge in [-0.2, -0.15) is 0 Å². The lowest BCUT2D eigenvalue weighted by molar-refractivity contribution is 0.254. The molecule has 37 heavy (non-hydrogen) atoms. The van der Waals surface area contributed by atoms with Crippen molar-refractivity contribution in [2.75, 3.05) is 25.4 Å². The number of hydrogen-bond donors (Lipinski definition) is 2. The molecule has 2 aromatic carbocycles. The molecule has 2 heterocycles. The molecule has 0 amide bonds. The van der Waals surface area contributed by atoms with Crippen molar-refractivity contribution in [2.24, 2.45) is 5.73 Å². The van der Waals surface area contributed by atoms with E-state index in [2.05, 4.69) is 64.7 Å². The Morgan fingerprint density at radius 3 is 2.24 bits per heavy atom. The number of aryl methyl sites for hydroxylation is 1. The van der Waals surface area contributed by atoms with Gasteiger partial charge < -0.3 is 16.0 Å². The van der Waals surface area contributed by atoms with Crippen molar-refractivity contribution < 1.29 is 0 Å². The summed E-state index contributed by atoms with van der Waals surface area (Å²) >= 11 is 0. The van der Waals surface area contributed by atoms with Crippen LogP contribution in [0.3, 0.4) is 0 Å². The van der Waals surface area contributed by atoms with Crippen LogP contribution in [0.2, 0.25) is 0 Å². The van der Waals surface area contributed by atoms with Crippen LogP contribution in [0.15, 0.2) is 48.5 Å². The number of fused-ring (bicyclic) bond motifs is 3. The second-order valence-corrected chi connectivity index (χ2v) is 10.2. The third-order valence-electron chi connectivity index (χ3n) is 7.22. The molecule has 198 valence electrons. The smallest absolute Gasteiger partial charge is 0.152 e. The molecule has 0 saturated carbocycles. The van der Waals surface area contributed by atoms with Gasteiger partial charge in [0, 0.05) is 24.9 Å². The molecule has 0 fully saturated rings. The number of pyridine rings is 1. The number of benzene rings is 2. The molecule has 4 rings (SSSR count). The average molecular weight is 501 g/mol. The second-order valence-electron chi connectivity index (χ2n) is 10.2. The number of rotatable bonds is 15. The highest BCUT2D eigenvalue weighted by atomic mass is 15.1. The molecule has 0 spiro atoms. The lowest BCUT2D eigenvalue weighted by atomic mass is 10.1. The largest absolute Gasteiger partial charge is 0.382 e. The highest BCUT2D eigenvalue weighted by Crippen LogP contribution is 2.30. The zero-order valence-electron chi connectivity index (χ0n) is 22.8. The van der Waals surface area contributed by atoms with E-state index < -0.39 is 0 Å². The van der Waals surface area contributed by atoms with Crippen LogP contribution in [0.5, 0.6) is 0 Å². The Kier molecular flexibility index (Phi) is 9.92. The first-order valence-electron chi connectivity index (χ1n) is 14.2. The second kappa shape index (κ2) is 13.5. The molecule has 6 heteroatoms. The van der Waals surface area contributed by atoms with E-state index in [4.69, 9.17) is 16.5 Å². The standard InChI is InChI=1S/C31H44N6/c1-3-5-10-20-36(21-11-9-19-32)22-24-15-17-25(18-16-24)23-37-28(14-6-4-2)35-29-30(37)26-12-7-8-13-27(26)34-31(29)33/h7-8,12-13,15-18H,3-6,9-11,14,19-23,32H2,1-2H3,(H2,33,34). The Bertz CT molecular complexity index is 1250. The molecule has 0 atom stereocenters. The normalized spacial score (nSPS) is 11.8. The Balaban J connectivity index is 1.58. The van der Waals surface area contributed by atoms with E-state index in [9.17, 15) is 0 Å². The summed E-state index contributed by atoms with van der Waals surface area (Å²) in [6.07, 6.45) is 9.24. The van der Waals surface area contributed by atoms with E-state index in [1.54, 1.807) is 0 Å². The monoisotopic (exact) mass is 500 g/mol. The van der Waals surface area contributed by atoms with E-state index in [1.165, 1.54) is 36.8 Å². The van der Waals surface area contributed by atoms with Gasteiger partial charge in [-0.05, 0) is 62.5 Å².